The lowest BCUT2D eigenvalue weighted by Gasteiger charge is -2.31. The van der Waals surface area contributed by atoms with E-state index in [0.717, 1.165) is 22.4 Å². The van der Waals surface area contributed by atoms with Gasteiger partial charge in [0, 0.05) is 42.7 Å². The van der Waals surface area contributed by atoms with E-state index in [-0.39, 0.29) is 31.0 Å². The molecule has 1 aliphatic heterocycles. The highest BCUT2D eigenvalue weighted by Crippen LogP contribution is 2.42. The molecule has 3 heterocycles. The number of benzene rings is 2. The number of aromatic nitrogens is 2. The molecule has 0 aliphatic carbocycles. The molecule has 39 heavy (non-hydrogen) atoms. The molecule has 8 heteroatoms. The lowest BCUT2D eigenvalue weighted by Crippen LogP contribution is -2.38. The molecule has 0 unspecified atom stereocenters. The Balaban J connectivity index is 1.44. The van der Waals surface area contributed by atoms with Crippen LogP contribution in [0.1, 0.15) is 47.3 Å². The monoisotopic (exact) mass is 527 g/mol. The number of ether oxygens (including phenoxy) is 2. The minimum absolute atomic E-state index is 0.0163. The highest BCUT2D eigenvalue weighted by Gasteiger charge is 2.33. The van der Waals surface area contributed by atoms with Crippen LogP contribution in [0.15, 0.2) is 79.1 Å². The third kappa shape index (κ3) is 5.85. The van der Waals surface area contributed by atoms with Crippen molar-refractivity contribution in [3.05, 3.63) is 102 Å². The van der Waals surface area contributed by atoms with Crippen molar-refractivity contribution in [2.24, 2.45) is 0 Å². The lowest BCUT2D eigenvalue weighted by atomic mass is 9.89. The van der Waals surface area contributed by atoms with Gasteiger partial charge in [-0.2, -0.15) is 0 Å². The zero-order valence-electron chi connectivity index (χ0n) is 21.7. The molecule has 0 radical (unpaired) electrons. The van der Waals surface area contributed by atoms with Gasteiger partial charge in [0.25, 0.3) is 0 Å². The summed E-state index contributed by atoms with van der Waals surface area (Å²) >= 11 is 0. The van der Waals surface area contributed by atoms with Crippen LogP contribution < -0.4 is 0 Å². The van der Waals surface area contributed by atoms with Gasteiger partial charge in [-0.25, -0.2) is 14.0 Å². The molecule has 1 aliphatic rings. The van der Waals surface area contributed by atoms with Crippen LogP contribution in [-0.2, 0) is 16.1 Å². The van der Waals surface area contributed by atoms with Crippen LogP contribution in [0.5, 0.6) is 0 Å². The lowest BCUT2D eigenvalue weighted by molar-refractivity contribution is 0.0523. The number of hydrogen-bond acceptors (Lipinski definition) is 5. The van der Waals surface area contributed by atoms with Crippen molar-refractivity contribution >= 4 is 12.1 Å². The molecule has 1 fully saturated rings. The van der Waals surface area contributed by atoms with E-state index in [9.17, 15) is 14.0 Å². The van der Waals surface area contributed by atoms with E-state index in [1.54, 1.807) is 36.4 Å². The molecule has 2 aromatic heterocycles. The van der Waals surface area contributed by atoms with Crippen LogP contribution in [0.2, 0.25) is 0 Å². The number of piperidine rings is 1. The summed E-state index contributed by atoms with van der Waals surface area (Å²) in [6.45, 7) is 3.22. The van der Waals surface area contributed by atoms with Gasteiger partial charge in [-0.05, 0) is 72.9 Å². The van der Waals surface area contributed by atoms with Crippen LogP contribution in [0.3, 0.4) is 0 Å². The van der Waals surface area contributed by atoms with Gasteiger partial charge in [-0.15, -0.1) is 0 Å². The molecule has 0 atom stereocenters. The Morgan fingerprint density at radius 3 is 2.31 bits per heavy atom. The summed E-state index contributed by atoms with van der Waals surface area (Å²) in [6.07, 6.45) is 4.28. The van der Waals surface area contributed by atoms with Crippen LogP contribution in [0, 0.1) is 5.82 Å². The Bertz CT molecular complexity index is 1410. The SMILES string of the molecule is CCOC(=O)c1c(C2CCN(C(=O)OCc3ccccc3)CC2)[nH]c(-c2ccc(F)cc2)c1-c1ccncc1. The number of carbonyl (C=O) groups is 2. The summed E-state index contributed by atoms with van der Waals surface area (Å²) in [7, 11) is 0. The molecular formula is C31H30FN3O4. The molecule has 0 bridgehead atoms. The zero-order valence-corrected chi connectivity index (χ0v) is 21.7. The molecule has 5 rings (SSSR count). The number of carbonyl (C=O) groups excluding carboxylic acids is 2. The van der Waals surface area contributed by atoms with Crippen LogP contribution >= 0.6 is 0 Å². The molecule has 200 valence electrons. The predicted octanol–water partition coefficient (Wildman–Crippen LogP) is 6.58. The second kappa shape index (κ2) is 11.9. The minimum Gasteiger partial charge on any atom is -0.462 e. The van der Waals surface area contributed by atoms with E-state index in [1.165, 1.54) is 12.1 Å². The number of H-pyrrole nitrogens is 1. The summed E-state index contributed by atoms with van der Waals surface area (Å²) in [5.74, 6) is -0.779. The average molecular weight is 528 g/mol. The van der Waals surface area contributed by atoms with Gasteiger partial charge in [0.1, 0.15) is 12.4 Å². The number of nitrogens with zero attached hydrogens (tertiary/aromatic N) is 2. The number of hydrogen-bond donors (Lipinski definition) is 1. The first kappa shape index (κ1) is 26.2. The summed E-state index contributed by atoms with van der Waals surface area (Å²) in [5, 5.41) is 0. The first-order chi connectivity index (χ1) is 19.0. The van der Waals surface area contributed by atoms with E-state index < -0.39 is 5.97 Å². The van der Waals surface area contributed by atoms with Crippen molar-refractivity contribution < 1.29 is 23.5 Å². The van der Waals surface area contributed by atoms with Crippen LogP contribution in [0.4, 0.5) is 9.18 Å². The van der Waals surface area contributed by atoms with Crippen molar-refractivity contribution in [3.63, 3.8) is 0 Å². The number of rotatable bonds is 7. The van der Waals surface area contributed by atoms with Crippen LogP contribution in [-0.4, -0.2) is 46.6 Å². The second-order valence-corrected chi connectivity index (χ2v) is 9.43. The average Bonchev–Trinajstić information content (AvgIpc) is 3.38. The molecule has 2 aromatic carbocycles. The molecule has 1 amide bonds. The van der Waals surface area contributed by atoms with Crippen LogP contribution in [0.25, 0.3) is 22.4 Å². The van der Waals surface area contributed by atoms with Crippen molar-refractivity contribution in [2.45, 2.75) is 32.3 Å². The van der Waals surface area contributed by atoms with E-state index in [2.05, 4.69) is 9.97 Å². The summed E-state index contributed by atoms with van der Waals surface area (Å²) < 4.78 is 24.8. The molecule has 7 nitrogen and oxygen atoms in total. The number of amides is 1. The fourth-order valence-electron chi connectivity index (χ4n) is 5.04. The summed E-state index contributed by atoms with van der Waals surface area (Å²) in [4.78, 5) is 35.4. The molecule has 4 aromatic rings. The third-order valence-corrected chi connectivity index (χ3v) is 6.98. The Morgan fingerprint density at radius 2 is 1.64 bits per heavy atom. The number of halogens is 1. The van der Waals surface area contributed by atoms with E-state index in [1.807, 2.05) is 42.5 Å². The van der Waals surface area contributed by atoms with E-state index in [4.69, 9.17) is 9.47 Å². The molecule has 0 saturated carbocycles. The topological polar surface area (TPSA) is 84.5 Å². The number of esters is 1. The van der Waals surface area contributed by atoms with E-state index in [0.29, 0.717) is 42.8 Å². The molecule has 0 spiro atoms. The van der Waals surface area contributed by atoms with E-state index >= 15 is 0 Å². The highest BCUT2D eigenvalue weighted by molar-refractivity contribution is 6.03. The highest BCUT2D eigenvalue weighted by atomic mass is 19.1. The van der Waals surface area contributed by atoms with Crippen molar-refractivity contribution in [1.29, 1.82) is 0 Å². The standard InChI is InChI=1S/C31H30FN3O4/c1-2-38-30(36)27-26(22-12-16-33-17-13-22)28(23-8-10-25(32)11-9-23)34-29(27)24-14-18-35(19-15-24)31(37)39-20-21-6-4-3-5-7-21/h3-13,16-17,24,34H,2,14-15,18-20H2,1H3. The van der Waals surface area contributed by atoms with Crippen molar-refractivity contribution in [3.8, 4) is 22.4 Å². The maximum Gasteiger partial charge on any atom is 0.410 e. The molecular weight excluding hydrogens is 497 g/mol. The van der Waals surface area contributed by atoms with Crippen molar-refractivity contribution in [1.82, 2.24) is 14.9 Å². The van der Waals surface area contributed by atoms with Gasteiger partial charge < -0.3 is 19.4 Å². The number of aromatic amines is 1. The van der Waals surface area contributed by atoms with Gasteiger partial charge in [0.15, 0.2) is 0 Å². The van der Waals surface area contributed by atoms with Gasteiger partial charge in [-0.3, -0.25) is 4.98 Å². The minimum atomic E-state index is -0.423. The quantitative estimate of drug-likeness (QED) is 0.275. The summed E-state index contributed by atoms with van der Waals surface area (Å²) in [5.41, 5.74) is 5.12. The number of nitrogens with one attached hydrogen (secondary N) is 1. The van der Waals surface area contributed by atoms with Gasteiger partial charge in [-0.1, -0.05) is 30.3 Å². The van der Waals surface area contributed by atoms with Gasteiger partial charge >= 0.3 is 12.1 Å². The molecule has 1 saturated heterocycles. The maximum atomic E-state index is 13.7. The normalized spacial score (nSPS) is 13.7. The second-order valence-electron chi connectivity index (χ2n) is 9.43. The number of likely N-dealkylation sites (tertiary alicyclic amines) is 1. The third-order valence-electron chi connectivity index (χ3n) is 6.98. The fraction of sp³-hybridized carbons (Fsp3) is 0.258. The first-order valence-electron chi connectivity index (χ1n) is 13.1. The van der Waals surface area contributed by atoms with Gasteiger partial charge in [0.05, 0.1) is 17.9 Å². The smallest absolute Gasteiger partial charge is 0.410 e. The summed E-state index contributed by atoms with van der Waals surface area (Å²) in [6, 6.07) is 19.4. The first-order valence-corrected chi connectivity index (χ1v) is 13.1. The van der Waals surface area contributed by atoms with Crippen molar-refractivity contribution in [2.75, 3.05) is 19.7 Å². The molecule has 1 N–H and O–H groups in total. The number of pyridine rings is 1. The predicted molar refractivity (Wildman–Crippen MR) is 146 cm³/mol. The Kier molecular flexibility index (Phi) is 8.01. The Labute approximate surface area is 226 Å². The fourth-order valence-corrected chi connectivity index (χ4v) is 5.04. The Hall–Kier alpha value is -4.46. The Morgan fingerprint density at radius 1 is 0.949 bits per heavy atom. The largest absolute Gasteiger partial charge is 0.462 e. The maximum absolute atomic E-state index is 13.7. The zero-order chi connectivity index (χ0) is 27.2. The van der Waals surface area contributed by atoms with Gasteiger partial charge in [0.2, 0.25) is 0 Å².